The molecule has 0 radical (unpaired) electrons. The van der Waals surface area contributed by atoms with Gasteiger partial charge in [0, 0.05) is 36.9 Å². The van der Waals surface area contributed by atoms with Gasteiger partial charge in [0.05, 0.1) is 17.5 Å². The smallest absolute Gasteiger partial charge is 0.254 e. The SMILES string of the molecule is Cc1cccc(N2CCN(C(=O)c3cccc(N4C(=O)[C@H]5CC=CC[C@H]5C4=O)c3)C[C@@H]2C)c1. The van der Waals surface area contributed by atoms with Crippen LogP contribution in [-0.2, 0) is 9.59 Å². The molecule has 0 saturated carbocycles. The highest BCUT2D eigenvalue weighted by atomic mass is 16.2. The van der Waals surface area contributed by atoms with Gasteiger partial charge in [0.25, 0.3) is 5.91 Å². The van der Waals surface area contributed by atoms with Gasteiger partial charge in [-0.2, -0.15) is 0 Å². The van der Waals surface area contributed by atoms with Crippen LogP contribution >= 0.6 is 0 Å². The van der Waals surface area contributed by atoms with Crippen molar-refractivity contribution in [1.82, 2.24) is 4.90 Å². The van der Waals surface area contributed by atoms with E-state index in [1.54, 1.807) is 24.3 Å². The zero-order valence-electron chi connectivity index (χ0n) is 19.1. The number of hydrogen-bond acceptors (Lipinski definition) is 4. The van der Waals surface area contributed by atoms with E-state index in [0.29, 0.717) is 37.2 Å². The molecule has 2 saturated heterocycles. The van der Waals surface area contributed by atoms with Gasteiger partial charge in [-0.05, 0) is 62.6 Å². The molecule has 0 bridgehead atoms. The van der Waals surface area contributed by atoms with Gasteiger partial charge in [0.1, 0.15) is 0 Å². The van der Waals surface area contributed by atoms with E-state index in [4.69, 9.17) is 0 Å². The summed E-state index contributed by atoms with van der Waals surface area (Å²) in [6.07, 6.45) is 5.17. The lowest BCUT2D eigenvalue weighted by molar-refractivity contribution is -0.122. The molecule has 0 unspecified atom stereocenters. The Morgan fingerprint density at radius 2 is 1.55 bits per heavy atom. The number of benzene rings is 2. The lowest BCUT2D eigenvalue weighted by Gasteiger charge is -2.41. The first-order valence-corrected chi connectivity index (χ1v) is 11.7. The molecular formula is C27H29N3O3. The second-order valence-electron chi connectivity index (χ2n) is 9.35. The van der Waals surface area contributed by atoms with Crippen molar-refractivity contribution in [1.29, 1.82) is 0 Å². The molecule has 2 aromatic carbocycles. The first kappa shape index (κ1) is 21.4. The van der Waals surface area contributed by atoms with Crippen molar-refractivity contribution in [3.05, 3.63) is 71.8 Å². The van der Waals surface area contributed by atoms with Gasteiger partial charge >= 0.3 is 0 Å². The topological polar surface area (TPSA) is 60.9 Å². The van der Waals surface area contributed by atoms with Crippen LogP contribution in [0.1, 0.15) is 35.7 Å². The number of fused-ring (bicyclic) bond motifs is 1. The molecule has 0 aromatic heterocycles. The number of amides is 3. The van der Waals surface area contributed by atoms with Gasteiger partial charge in [0.15, 0.2) is 0 Å². The molecule has 1 aliphatic carbocycles. The molecule has 6 nitrogen and oxygen atoms in total. The summed E-state index contributed by atoms with van der Waals surface area (Å²) in [6, 6.07) is 15.6. The lowest BCUT2D eigenvalue weighted by atomic mass is 9.85. The van der Waals surface area contributed by atoms with E-state index >= 15 is 0 Å². The van der Waals surface area contributed by atoms with Crippen LogP contribution in [0.25, 0.3) is 0 Å². The summed E-state index contributed by atoms with van der Waals surface area (Å²) in [5.41, 5.74) is 3.41. The minimum atomic E-state index is -0.280. The molecule has 0 spiro atoms. The summed E-state index contributed by atoms with van der Waals surface area (Å²) in [4.78, 5) is 44.7. The van der Waals surface area contributed by atoms with Crippen molar-refractivity contribution < 1.29 is 14.4 Å². The quantitative estimate of drug-likeness (QED) is 0.535. The van der Waals surface area contributed by atoms with E-state index in [-0.39, 0.29) is 35.6 Å². The number of hydrogen-bond donors (Lipinski definition) is 0. The van der Waals surface area contributed by atoms with E-state index in [1.165, 1.54) is 16.2 Å². The molecular weight excluding hydrogens is 414 g/mol. The molecule has 33 heavy (non-hydrogen) atoms. The highest BCUT2D eigenvalue weighted by Crippen LogP contribution is 2.38. The fourth-order valence-corrected chi connectivity index (χ4v) is 5.35. The number of rotatable bonds is 3. The number of piperazine rings is 1. The summed E-state index contributed by atoms with van der Waals surface area (Å²) in [7, 11) is 0. The van der Waals surface area contributed by atoms with E-state index in [0.717, 1.165) is 6.54 Å². The Labute approximate surface area is 194 Å². The van der Waals surface area contributed by atoms with Crippen LogP contribution in [-0.4, -0.2) is 48.3 Å². The van der Waals surface area contributed by atoms with Gasteiger partial charge < -0.3 is 9.80 Å². The molecule has 2 aromatic rings. The van der Waals surface area contributed by atoms with Crippen molar-refractivity contribution >= 4 is 29.1 Å². The number of allylic oxidation sites excluding steroid dienone is 2. The number of carbonyl (C=O) groups excluding carboxylic acids is 3. The fourth-order valence-electron chi connectivity index (χ4n) is 5.35. The van der Waals surface area contributed by atoms with Crippen LogP contribution in [0.15, 0.2) is 60.7 Å². The molecule has 5 rings (SSSR count). The largest absolute Gasteiger partial charge is 0.365 e. The Hall–Kier alpha value is -3.41. The third kappa shape index (κ3) is 3.84. The minimum Gasteiger partial charge on any atom is -0.365 e. The summed E-state index contributed by atoms with van der Waals surface area (Å²) in [5, 5.41) is 0. The van der Waals surface area contributed by atoms with Crippen molar-refractivity contribution in [2.24, 2.45) is 11.8 Å². The molecule has 3 atom stereocenters. The summed E-state index contributed by atoms with van der Waals surface area (Å²) in [5.74, 6) is -0.931. The Balaban J connectivity index is 1.32. The van der Waals surface area contributed by atoms with Gasteiger partial charge in [-0.1, -0.05) is 30.4 Å². The Bertz CT molecular complexity index is 1110. The molecule has 3 aliphatic rings. The first-order chi connectivity index (χ1) is 15.9. The van der Waals surface area contributed by atoms with Crippen molar-refractivity contribution in [2.75, 3.05) is 29.4 Å². The number of carbonyl (C=O) groups is 3. The molecule has 0 N–H and O–H groups in total. The Morgan fingerprint density at radius 3 is 2.21 bits per heavy atom. The van der Waals surface area contributed by atoms with Gasteiger partial charge in [0.2, 0.25) is 11.8 Å². The molecule has 2 aliphatic heterocycles. The Kier molecular flexibility index (Phi) is 5.52. The van der Waals surface area contributed by atoms with Crippen molar-refractivity contribution in [2.45, 2.75) is 32.7 Å². The zero-order chi connectivity index (χ0) is 23.1. The third-order valence-corrected chi connectivity index (χ3v) is 7.11. The standard InChI is InChI=1S/C27H29N3O3/c1-18-7-5-9-21(15-18)29-14-13-28(17-19(29)2)25(31)20-8-6-10-22(16-20)30-26(32)23-11-3-4-12-24(23)27(30)33/h3-10,15-16,19,23-24H,11-14,17H2,1-2H3/t19-,23-,24+/m0/s1. The van der Waals surface area contributed by atoms with Gasteiger partial charge in [-0.3, -0.25) is 19.3 Å². The maximum Gasteiger partial charge on any atom is 0.254 e. The number of nitrogens with zero attached hydrogens (tertiary/aromatic N) is 3. The van der Waals surface area contributed by atoms with E-state index in [1.807, 2.05) is 17.1 Å². The van der Waals surface area contributed by atoms with E-state index in [9.17, 15) is 14.4 Å². The second kappa shape index (κ2) is 8.50. The highest BCUT2D eigenvalue weighted by Gasteiger charge is 2.47. The van der Waals surface area contributed by atoms with Crippen LogP contribution in [0.4, 0.5) is 11.4 Å². The number of aryl methyl sites for hydroxylation is 1. The summed E-state index contributed by atoms with van der Waals surface area (Å²) in [6.45, 7) is 6.22. The van der Waals surface area contributed by atoms with Crippen LogP contribution in [0.5, 0.6) is 0 Å². The molecule has 2 fully saturated rings. The lowest BCUT2D eigenvalue weighted by Crippen LogP contribution is -2.53. The monoisotopic (exact) mass is 443 g/mol. The maximum absolute atomic E-state index is 13.3. The minimum absolute atomic E-state index is 0.0641. The first-order valence-electron chi connectivity index (χ1n) is 11.7. The van der Waals surface area contributed by atoms with E-state index < -0.39 is 0 Å². The fraction of sp³-hybridized carbons (Fsp3) is 0.370. The molecule has 2 heterocycles. The summed E-state index contributed by atoms with van der Waals surface area (Å²) < 4.78 is 0. The predicted octanol–water partition coefficient (Wildman–Crippen LogP) is 3.80. The van der Waals surface area contributed by atoms with Crippen molar-refractivity contribution in [3.8, 4) is 0 Å². The predicted molar refractivity (Wildman–Crippen MR) is 128 cm³/mol. The number of imide groups is 1. The number of anilines is 2. The van der Waals surface area contributed by atoms with Crippen LogP contribution in [0.3, 0.4) is 0 Å². The average molecular weight is 444 g/mol. The second-order valence-corrected chi connectivity index (χ2v) is 9.35. The van der Waals surface area contributed by atoms with Gasteiger partial charge in [-0.25, -0.2) is 0 Å². The van der Waals surface area contributed by atoms with Crippen LogP contribution in [0.2, 0.25) is 0 Å². The maximum atomic E-state index is 13.3. The molecule has 170 valence electrons. The van der Waals surface area contributed by atoms with E-state index in [2.05, 4.69) is 43.0 Å². The Morgan fingerprint density at radius 1 is 0.879 bits per heavy atom. The van der Waals surface area contributed by atoms with Crippen LogP contribution < -0.4 is 9.80 Å². The molecule has 6 heteroatoms. The van der Waals surface area contributed by atoms with Gasteiger partial charge in [-0.15, -0.1) is 0 Å². The highest BCUT2D eigenvalue weighted by molar-refractivity contribution is 6.22. The zero-order valence-corrected chi connectivity index (χ0v) is 19.1. The third-order valence-electron chi connectivity index (χ3n) is 7.11. The molecule has 3 amide bonds. The average Bonchev–Trinajstić information content (AvgIpc) is 3.08. The normalized spacial score (nSPS) is 24.9. The van der Waals surface area contributed by atoms with Crippen LogP contribution in [0, 0.1) is 18.8 Å². The van der Waals surface area contributed by atoms with Crippen molar-refractivity contribution in [3.63, 3.8) is 0 Å². The summed E-state index contributed by atoms with van der Waals surface area (Å²) >= 11 is 0.